The first-order valence-corrected chi connectivity index (χ1v) is 8.76. The quantitative estimate of drug-likeness (QED) is 0.700. The van der Waals surface area contributed by atoms with E-state index in [1.54, 1.807) is 37.4 Å². The lowest BCUT2D eigenvalue weighted by Crippen LogP contribution is -2.17. The van der Waals surface area contributed by atoms with Crippen LogP contribution in [0.1, 0.15) is 32.0 Å². The van der Waals surface area contributed by atoms with Gasteiger partial charge in [-0.3, -0.25) is 14.6 Å². The smallest absolute Gasteiger partial charge is 0.274 e. The van der Waals surface area contributed by atoms with Gasteiger partial charge in [-0.1, -0.05) is 23.8 Å². The maximum atomic E-state index is 12.6. The van der Waals surface area contributed by atoms with Gasteiger partial charge in [0.1, 0.15) is 11.4 Å². The number of carbonyl (C=O) groups is 2. The Bertz CT molecular complexity index is 1030. The second-order valence-electron chi connectivity index (χ2n) is 6.39. The molecule has 0 radical (unpaired) electrons. The van der Waals surface area contributed by atoms with Gasteiger partial charge in [0, 0.05) is 29.2 Å². The van der Waals surface area contributed by atoms with Crippen LogP contribution in [0, 0.1) is 13.8 Å². The van der Waals surface area contributed by atoms with Crippen molar-refractivity contribution in [3.63, 3.8) is 0 Å². The van der Waals surface area contributed by atoms with Crippen LogP contribution in [0.3, 0.4) is 0 Å². The molecule has 0 aliphatic heterocycles. The molecule has 2 N–H and O–H groups in total. The first kappa shape index (κ1) is 19.1. The van der Waals surface area contributed by atoms with Gasteiger partial charge >= 0.3 is 0 Å². The Hall–Kier alpha value is -3.67. The molecule has 0 saturated carbocycles. The van der Waals surface area contributed by atoms with E-state index < -0.39 is 5.91 Å². The number of methoxy groups -OCH3 is 1. The number of amides is 2. The highest BCUT2D eigenvalue weighted by molar-refractivity contribution is 6.08. The first-order valence-electron chi connectivity index (χ1n) is 8.76. The van der Waals surface area contributed by atoms with E-state index in [2.05, 4.69) is 15.6 Å². The molecule has 3 rings (SSSR count). The summed E-state index contributed by atoms with van der Waals surface area (Å²) in [6.45, 7) is 3.93. The van der Waals surface area contributed by atoms with Crippen LogP contribution in [-0.2, 0) is 0 Å². The summed E-state index contributed by atoms with van der Waals surface area (Å²) < 4.78 is 5.15. The zero-order chi connectivity index (χ0) is 20.1. The number of anilines is 2. The minimum Gasteiger partial charge on any atom is -0.497 e. The van der Waals surface area contributed by atoms with Gasteiger partial charge in [0.05, 0.1) is 7.11 Å². The molecule has 0 spiro atoms. The minimum absolute atomic E-state index is 0.149. The Balaban J connectivity index is 1.75. The number of benzene rings is 2. The Kier molecular flexibility index (Phi) is 5.69. The maximum absolute atomic E-state index is 12.6. The summed E-state index contributed by atoms with van der Waals surface area (Å²) >= 11 is 0. The van der Waals surface area contributed by atoms with Crippen molar-refractivity contribution in [1.82, 2.24) is 4.98 Å². The summed E-state index contributed by atoms with van der Waals surface area (Å²) in [6, 6.07) is 15.8. The third-order valence-corrected chi connectivity index (χ3v) is 4.21. The summed E-state index contributed by atoms with van der Waals surface area (Å²) in [5.74, 6) is -0.0773. The molecule has 1 aromatic heterocycles. The lowest BCUT2D eigenvalue weighted by Gasteiger charge is -2.10. The molecule has 1 heterocycles. The van der Waals surface area contributed by atoms with Crippen LogP contribution in [0.2, 0.25) is 0 Å². The molecule has 0 saturated heterocycles. The van der Waals surface area contributed by atoms with Crippen molar-refractivity contribution >= 4 is 23.2 Å². The Morgan fingerprint density at radius 1 is 0.929 bits per heavy atom. The molecule has 142 valence electrons. The topological polar surface area (TPSA) is 80.3 Å². The van der Waals surface area contributed by atoms with Crippen LogP contribution >= 0.6 is 0 Å². The molecule has 0 aliphatic rings. The Morgan fingerprint density at radius 3 is 2.50 bits per heavy atom. The molecule has 2 amide bonds. The fourth-order valence-electron chi connectivity index (χ4n) is 2.74. The van der Waals surface area contributed by atoms with Gasteiger partial charge in [-0.25, -0.2) is 0 Å². The summed E-state index contributed by atoms with van der Waals surface area (Å²) in [5.41, 5.74) is 3.90. The number of carbonyl (C=O) groups excluding carboxylic acids is 2. The molecule has 2 aromatic carbocycles. The highest BCUT2D eigenvalue weighted by atomic mass is 16.5. The van der Waals surface area contributed by atoms with Gasteiger partial charge in [-0.2, -0.15) is 0 Å². The molecular formula is C22H21N3O3. The van der Waals surface area contributed by atoms with Crippen LogP contribution in [0.5, 0.6) is 5.75 Å². The van der Waals surface area contributed by atoms with Crippen molar-refractivity contribution in [3.05, 3.63) is 83.2 Å². The lowest BCUT2D eigenvalue weighted by atomic mass is 10.1. The highest BCUT2D eigenvalue weighted by Gasteiger charge is 2.13. The SMILES string of the molecule is COc1cccc(NC(=O)c2cc(C(=O)Nc3ccc(C)cc3C)ccn2)c1. The van der Waals surface area contributed by atoms with Gasteiger partial charge in [-0.05, 0) is 49.7 Å². The number of nitrogens with zero attached hydrogens (tertiary/aromatic N) is 1. The molecule has 0 aliphatic carbocycles. The summed E-state index contributed by atoms with van der Waals surface area (Å²) in [7, 11) is 1.56. The van der Waals surface area contributed by atoms with Crippen LogP contribution in [-0.4, -0.2) is 23.9 Å². The molecular weight excluding hydrogens is 354 g/mol. The number of ether oxygens (including phenoxy) is 1. The van der Waals surface area contributed by atoms with Crippen LogP contribution in [0.25, 0.3) is 0 Å². The van der Waals surface area contributed by atoms with Gasteiger partial charge in [0.25, 0.3) is 11.8 Å². The number of nitrogens with one attached hydrogen (secondary N) is 2. The summed E-state index contributed by atoms with van der Waals surface area (Å²) in [4.78, 5) is 29.1. The molecule has 6 heteroatoms. The van der Waals surface area contributed by atoms with E-state index >= 15 is 0 Å². The van der Waals surface area contributed by atoms with Crippen molar-refractivity contribution in [2.75, 3.05) is 17.7 Å². The van der Waals surface area contributed by atoms with Gasteiger partial charge in [-0.15, -0.1) is 0 Å². The van der Waals surface area contributed by atoms with E-state index in [0.29, 0.717) is 17.0 Å². The zero-order valence-electron chi connectivity index (χ0n) is 15.9. The zero-order valence-corrected chi connectivity index (χ0v) is 15.9. The van der Waals surface area contributed by atoms with Crippen molar-refractivity contribution < 1.29 is 14.3 Å². The second-order valence-corrected chi connectivity index (χ2v) is 6.39. The van der Waals surface area contributed by atoms with Crippen molar-refractivity contribution in [2.45, 2.75) is 13.8 Å². The number of hydrogen-bond donors (Lipinski definition) is 2. The normalized spacial score (nSPS) is 10.2. The maximum Gasteiger partial charge on any atom is 0.274 e. The Labute approximate surface area is 163 Å². The largest absolute Gasteiger partial charge is 0.497 e. The van der Waals surface area contributed by atoms with Crippen molar-refractivity contribution in [3.8, 4) is 5.75 Å². The van der Waals surface area contributed by atoms with Crippen LogP contribution in [0.15, 0.2) is 60.8 Å². The number of rotatable bonds is 5. The molecule has 0 bridgehead atoms. The van der Waals surface area contributed by atoms with Crippen molar-refractivity contribution in [2.24, 2.45) is 0 Å². The number of aromatic nitrogens is 1. The van der Waals surface area contributed by atoms with Crippen LogP contribution in [0.4, 0.5) is 11.4 Å². The highest BCUT2D eigenvalue weighted by Crippen LogP contribution is 2.19. The predicted octanol–water partition coefficient (Wildman–Crippen LogP) is 4.21. The first-order chi connectivity index (χ1) is 13.5. The molecule has 0 atom stereocenters. The molecule has 28 heavy (non-hydrogen) atoms. The van der Waals surface area contributed by atoms with E-state index in [1.807, 2.05) is 32.0 Å². The standard InChI is InChI=1S/C22H21N3O3/c1-14-7-8-19(15(2)11-14)25-21(26)16-9-10-23-20(12-16)22(27)24-17-5-4-6-18(13-17)28-3/h4-13H,1-3H3,(H,24,27)(H,25,26). The van der Waals surface area contributed by atoms with E-state index in [0.717, 1.165) is 16.8 Å². The average Bonchev–Trinajstić information content (AvgIpc) is 2.70. The fraction of sp³-hybridized carbons (Fsp3) is 0.136. The number of pyridine rings is 1. The molecule has 3 aromatic rings. The lowest BCUT2D eigenvalue weighted by molar-refractivity contribution is 0.102. The van der Waals surface area contributed by atoms with Gasteiger partial charge < -0.3 is 15.4 Å². The molecule has 0 unspecified atom stereocenters. The fourth-order valence-corrected chi connectivity index (χ4v) is 2.74. The summed E-state index contributed by atoms with van der Waals surface area (Å²) in [5, 5.41) is 5.62. The monoisotopic (exact) mass is 375 g/mol. The molecule has 6 nitrogen and oxygen atoms in total. The van der Waals surface area contributed by atoms with E-state index in [1.165, 1.54) is 12.3 Å². The third kappa shape index (κ3) is 4.54. The average molecular weight is 375 g/mol. The van der Waals surface area contributed by atoms with E-state index in [9.17, 15) is 9.59 Å². The van der Waals surface area contributed by atoms with Gasteiger partial charge in [0.2, 0.25) is 0 Å². The van der Waals surface area contributed by atoms with Crippen LogP contribution < -0.4 is 15.4 Å². The molecule has 0 fully saturated rings. The number of hydrogen-bond acceptors (Lipinski definition) is 4. The Morgan fingerprint density at radius 2 is 1.75 bits per heavy atom. The van der Waals surface area contributed by atoms with E-state index in [-0.39, 0.29) is 11.6 Å². The van der Waals surface area contributed by atoms with Gasteiger partial charge in [0.15, 0.2) is 0 Å². The number of aryl methyl sites for hydroxylation is 2. The minimum atomic E-state index is -0.408. The third-order valence-electron chi connectivity index (χ3n) is 4.21. The summed E-state index contributed by atoms with van der Waals surface area (Å²) in [6.07, 6.45) is 1.44. The van der Waals surface area contributed by atoms with E-state index in [4.69, 9.17) is 4.74 Å². The second kappa shape index (κ2) is 8.35. The van der Waals surface area contributed by atoms with Crippen molar-refractivity contribution in [1.29, 1.82) is 0 Å². The predicted molar refractivity (Wildman–Crippen MR) is 109 cm³/mol.